The quantitative estimate of drug-likeness (QED) is 0.912. The molecule has 0 unspecified atom stereocenters. The predicted octanol–water partition coefficient (Wildman–Crippen LogP) is 3.50. The van der Waals surface area contributed by atoms with Crippen LogP contribution in [-0.2, 0) is 0 Å². The molecule has 1 atom stereocenters. The summed E-state index contributed by atoms with van der Waals surface area (Å²) < 4.78 is 5.63. The first kappa shape index (κ1) is 15.1. The van der Waals surface area contributed by atoms with Crippen LogP contribution in [0.5, 0.6) is 5.75 Å². The van der Waals surface area contributed by atoms with Crippen LogP contribution in [0.1, 0.15) is 28.4 Å². The van der Waals surface area contributed by atoms with Crippen molar-refractivity contribution >= 4 is 5.91 Å². The van der Waals surface area contributed by atoms with Crippen LogP contribution in [0, 0.1) is 13.8 Å². The molecule has 0 bridgehead atoms. The van der Waals surface area contributed by atoms with Gasteiger partial charge in [-0.3, -0.25) is 4.79 Å². The highest BCUT2D eigenvalue weighted by Crippen LogP contribution is 2.11. The number of para-hydroxylation sites is 1. The highest BCUT2D eigenvalue weighted by molar-refractivity contribution is 5.94. The second kappa shape index (κ2) is 6.93. The van der Waals surface area contributed by atoms with Crippen LogP contribution in [-0.4, -0.2) is 18.6 Å². The number of benzene rings is 2. The van der Waals surface area contributed by atoms with Gasteiger partial charge in [0.1, 0.15) is 12.4 Å². The molecule has 1 amide bonds. The molecular formula is C18H21NO2. The molecule has 0 saturated carbocycles. The van der Waals surface area contributed by atoms with E-state index in [-0.39, 0.29) is 11.9 Å². The number of aryl methyl sites for hydroxylation is 2. The number of rotatable bonds is 5. The Morgan fingerprint density at radius 1 is 1.10 bits per heavy atom. The number of carbonyl (C=O) groups excluding carboxylic acids is 1. The van der Waals surface area contributed by atoms with E-state index in [4.69, 9.17) is 4.74 Å². The number of nitrogens with one attached hydrogen (secondary N) is 1. The SMILES string of the molecule is Cc1ccc(C(=O)N[C@H](C)COc2ccccc2)cc1C. The molecule has 2 rings (SSSR count). The molecule has 0 aliphatic rings. The highest BCUT2D eigenvalue weighted by Gasteiger charge is 2.11. The number of amides is 1. The molecule has 110 valence electrons. The smallest absolute Gasteiger partial charge is 0.251 e. The van der Waals surface area contributed by atoms with E-state index in [2.05, 4.69) is 5.32 Å². The zero-order valence-electron chi connectivity index (χ0n) is 12.7. The molecule has 3 nitrogen and oxygen atoms in total. The van der Waals surface area contributed by atoms with Crippen LogP contribution >= 0.6 is 0 Å². The number of ether oxygens (including phenoxy) is 1. The average Bonchev–Trinajstić information content (AvgIpc) is 2.49. The molecule has 0 aliphatic carbocycles. The summed E-state index contributed by atoms with van der Waals surface area (Å²) in [6.07, 6.45) is 0. The second-order valence-electron chi connectivity index (χ2n) is 5.30. The maximum atomic E-state index is 12.2. The number of carbonyl (C=O) groups is 1. The molecule has 1 N–H and O–H groups in total. The van der Waals surface area contributed by atoms with Crippen LogP contribution in [0.2, 0.25) is 0 Å². The van der Waals surface area contributed by atoms with E-state index in [0.29, 0.717) is 12.2 Å². The molecule has 0 aromatic heterocycles. The lowest BCUT2D eigenvalue weighted by Crippen LogP contribution is -2.36. The van der Waals surface area contributed by atoms with E-state index >= 15 is 0 Å². The average molecular weight is 283 g/mol. The summed E-state index contributed by atoms with van der Waals surface area (Å²) in [6.45, 7) is 6.42. The minimum Gasteiger partial charge on any atom is -0.491 e. The minimum absolute atomic E-state index is 0.0562. The number of hydrogen-bond donors (Lipinski definition) is 1. The lowest BCUT2D eigenvalue weighted by atomic mass is 10.1. The Morgan fingerprint density at radius 2 is 1.81 bits per heavy atom. The molecule has 21 heavy (non-hydrogen) atoms. The lowest BCUT2D eigenvalue weighted by molar-refractivity contribution is 0.0926. The van der Waals surface area contributed by atoms with Gasteiger partial charge in [-0.25, -0.2) is 0 Å². The van der Waals surface area contributed by atoms with E-state index < -0.39 is 0 Å². The van der Waals surface area contributed by atoms with Crippen molar-refractivity contribution in [2.45, 2.75) is 26.8 Å². The normalized spacial score (nSPS) is 11.8. The largest absolute Gasteiger partial charge is 0.491 e. The summed E-state index contributed by atoms with van der Waals surface area (Å²) in [7, 11) is 0. The third kappa shape index (κ3) is 4.35. The van der Waals surface area contributed by atoms with Gasteiger partial charge in [-0.05, 0) is 56.2 Å². The Morgan fingerprint density at radius 3 is 2.48 bits per heavy atom. The zero-order chi connectivity index (χ0) is 15.2. The summed E-state index contributed by atoms with van der Waals surface area (Å²) in [4.78, 5) is 12.2. The van der Waals surface area contributed by atoms with Gasteiger partial charge in [0, 0.05) is 5.56 Å². The van der Waals surface area contributed by atoms with E-state index in [0.717, 1.165) is 11.3 Å². The summed E-state index contributed by atoms with van der Waals surface area (Å²) in [5, 5.41) is 2.95. The summed E-state index contributed by atoms with van der Waals surface area (Å²) in [5.74, 6) is 0.743. The molecule has 3 heteroatoms. The van der Waals surface area contributed by atoms with Crippen molar-refractivity contribution in [3.8, 4) is 5.75 Å². The van der Waals surface area contributed by atoms with Gasteiger partial charge in [-0.1, -0.05) is 24.3 Å². The molecule has 0 heterocycles. The molecule has 2 aromatic carbocycles. The topological polar surface area (TPSA) is 38.3 Å². The van der Waals surface area contributed by atoms with Crippen molar-refractivity contribution < 1.29 is 9.53 Å². The van der Waals surface area contributed by atoms with Gasteiger partial charge in [-0.15, -0.1) is 0 Å². The van der Waals surface area contributed by atoms with Crippen molar-refractivity contribution in [1.29, 1.82) is 0 Å². The van der Waals surface area contributed by atoms with Gasteiger partial charge in [0.2, 0.25) is 0 Å². The Bertz CT molecular complexity index is 608. The zero-order valence-corrected chi connectivity index (χ0v) is 12.7. The molecule has 0 aliphatic heterocycles. The van der Waals surface area contributed by atoms with Gasteiger partial charge < -0.3 is 10.1 Å². The maximum Gasteiger partial charge on any atom is 0.251 e. The Labute approximate surface area is 126 Å². The first-order valence-corrected chi connectivity index (χ1v) is 7.12. The van der Waals surface area contributed by atoms with Crippen LogP contribution in [0.15, 0.2) is 48.5 Å². The first-order valence-electron chi connectivity index (χ1n) is 7.12. The van der Waals surface area contributed by atoms with Crippen molar-refractivity contribution in [1.82, 2.24) is 5.32 Å². The van der Waals surface area contributed by atoms with Crippen molar-refractivity contribution in [3.63, 3.8) is 0 Å². The van der Waals surface area contributed by atoms with Crippen molar-refractivity contribution in [3.05, 3.63) is 65.2 Å². The van der Waals surface area contributed by atoms with Gasteiger partial charge in [-0.2, -0.15) is 0 Å². The molecule has 0 spiro atoms. The molecule has 0 radical (unpaired) electrons. The fourth-order valence-corrected chi connectivity index (χ4v) is 1.97. The maximum absolute atomic E-state index is 12.2. The fourth-order valence-electron chi connectivity index (χ4n) is 1.97. The standard InChI is InChI=1S/C18H21NO2/c1-13-9-10-16(11-14(13)2)18(20)19-15(3)12-21-17-7-5-4-6-8-17/h4-11,15H,12H2,1-3H3,(H,19,20)/t15-/m1/s1. The van der Waals surface area contributed by atoms with E-state index in [1.54, 1.807) is 0 Å². The lowest BCUT2D eigenvalue weighted by Gasteiger charge is -2.15. The molecule has 2 aromatic rings. The summed E-state index contributed by atoms with van der Waals surface area (Å²) in [6, 6.07) is 15.3. The third-order valence-corrected chi connectivity index (χ3v) is 3.39. The molecule has 0 fully saturated rings. The summed E-state index contributed by atoms with van der Waals surface area (Å²) in [5.41, 5.74) is 2.99. The minimum atomic E-state index is -0.0674. The van der Waals surface area contributed by atoms with Crippen LogP contribution < -0.4 is 10.1 Å². The van der Waals surface area contributed by atoms with Crippen LogP contribution in [0.3, 0.4) is 0 Å². The van der Waals surface area contributed by atoms with Crippen molar-refractivity contribution in [2.75, 3.05) is 6.61 Å². The second-order valence-corrected chi connectivity index (χ2v) is 5.30. The Hall–Kier alpha value is -2.29. The van der Waals surface area contributed by atoms with Gasteiger partial charge in [0.25, 0.3) is 5.91 Å². The predicted molar refractivity (Wildman–Crippen MR) is 84.8 cm³/mol. The molecule has 0 saturated heterocycles. The molecular weight excluding hydrogens is 262 g/mol. The Balaban J connectivity index is 1.88. The van der Waals surface area contributed by atoms with Crippen LogP contribution in [0.25, 0.3) is 0 Å². The van der Waals surface area contributed by atoms with E-state index in [1.165, 1.54) is 5.56 Å². The summed E-state index contributed by atoms with van der Waals surface area (Å²) >= 11 is 0. The van der Waals surface area contributed by atoms with Gasteiger partial charge >= 0.3 is 0 Å². The van der Waals surface area contributed by atoms with Crippen molar-refractivity contribution in [2.24, 2.45) is 0 Å². The monoisotopic (exact) mass is 283 g/mol. The number of hydrogen-bond acceptors (Lipinski definition) is 2. The van der Waals surface area contributed by atoms with Crippen LogP contribution in [0.4, 0.5) is 0 Å². The third-order valence-electron chi connectivity index (χ3n) is 3.39. The fraction of sp³-hybridized carbons (Fsp3) is 0.278. The Kier molecular flexibility index (Phi) is 4.99. The van der Waals surface area contributed by atoms with E-state index in [9.17, 15) is 4.79 Å². The van der Waals surface area contributed by atoms with E-state index in [1.807, 2.05) is 69.3 Å². The van der Waals surface area contributed by atoms with Gasteiger partial charge in [0.15, 0.2) is 0 Å². The van der Waals surface area contributed by atoms with Gasteiger partial charge in [0.05, 0.1) is 6.04 Å². The highest BCUT2D eigenvalue weighted by atomic mass is 16.5. The first-order chi connectivity index (χ1) is 10.1.